The highest BCUT2D eigenvalue weighted by molar-refractivity contribution is 5.59. The first kappa shape index (κ1) is 91.0. The molecule has 1 aliphatic rings. The van der Waals surface area contributed by atoms with Gasteiger partial charge >= 0.3 is 0 Å². The molecule has 7 aromatic carbocycles. The minimum atomic E-state index is -0.575. The Bertz CT molecular complexity index is 5110. The lowest BCUT2D eigenvalue weighted by molar-refractivity contribution is 0.440. The van der Waals surface area contributed by atoms with E-state index >= 15 is 0 Å². The van der Waals surface area contributed by atoms with Crippen molar-refractivity contribution in [3.8, 4) is 85.0 Å². The molecular formula is C87H81F7N14. The Balaban J connectivity index is 0.000000430. The van der Waals surface area contributed by atoms with Gasteiger partial charge in [0.1, 0.15) is 83.2 Å². The molecule has 0 aliphatic heterocycles. The standard InChI is InChI=1S/C16H19FN2.C15H17FN2.C14H13FN2.C12H11FN2.C11H9FN2.C10H7FN2.C9H5FN2/c1-15(2,3)12-7-13(17)11(9-19)14(10(12)8-18)16(4,5)6;1-4-5-8-15(2,3)14-11(9-17)6-7-13(16)12(14)10-18;15-13-7-6-11(8-16)14(12(13)9-17)10-4-2-1-3-5-10;1-12(2,3)11-8(6-14)4-5-10(13)9(11)7-15;1-7(2)11-8(5-13)3-4-10(12)9(11)6-14;1-2-8-7(5-12)3-4-10(11)9(8)6-13;1-6-7(4-11)2-3-9(10)8(6)5-12/h7H,1-6H3;6-7H,4-5,8H2,1-3H3;6-7,10H,1-5H2;4-5H,1-3H3;3-4,7H,1-2H3;3-4H,2H2,1H3;2-3H,1H3. The molecule has 8 rings (SSSR count). The predicted octanol–water partition coefficient (Wildman–Crippen LogP) is 21.4. The summed E-state index contributed by atoms with van der Waals surface area (Å²) in [7, 11) is 0. The predicted molar refractivity (Wildman–Crippen MR) is 393 cm³/mol. The van der Waals surface area contributed by atoms with Crippen LogP contribution in [0.3, 0.4) is 0 Å². The molecule has 0 spiro atoms. The number of nitriles is 14. The van der Waals surface area contributed by atoms with Crippen molar-refractivity contribution in [2.45, 2.75) is 202 Å². The molecule has 1 saturated carbocycles. The summed E-state index contributed by atoms with van der Waals surface area (Å²) in [5.74, 6) is -3.72. The van der Waals surface area contributed by atoms with E-state index < -0.39 is 51.6 Å². The highest BCUT2D eigenvalue weighted by Crippen LogP contribution is 2.40. The smallest absolute Gasteiger partial charge is 0.141 e. The van der Waals surface area contributed by atoms with Crippen molar-refractivity contribution in [1.82, 2.24) is 0 Å². The number of unbranched alkanes of at least 4 members (excludes halogenated alkanes) is 1. The van der Waals surface area contributed by atoms with Crippen molar-refractivity contribution in [3.63, 3.8) is 0 Å². The average molecular weight is 1460 g/mol. The number of hydrogen-bond acceptors (Lipinski definition) is 14. The van der Waals surface area contributed by atoms with Gasteiger partial charge in [-0.05, 0) is 189 Å². The Morgan fingerprint density at radius 3 is 1.10 bits per heavy atom. The third-order valence-electron chi connectivity index (χ3n) is 17.4. The van der Waals surface area contributed by atoms with Gasteiger partial charge in [-0.15, -0.1) is 0 Å². The van der Waals surface area contributed by atoms with Gasteiger partial charge in [-0.3, -0.25) is 0 Å². The summed E-state index contributed by atoms with van der Waals surface area (Å²) >= 11 is 0. The van der Waals surface area contributed by atoms with Crippen LogP contribution in [-0.4, -0.2) is 0 Å². The normalized spacial score (nSPS) is 11.2. The topological polar surface area (TPSA) is 333 Å². The van der Waals surface area contributed by atoms with Crippen LogP contribution in [0.5, 0.6) is 0 Å². The van der Waals surface area contributed by atoms with Crippen LogP contribution in [0.2, 0.25) is 0 Å². The largest absolute Gasteiger partial charge is 0.206 e. The molecule has 0 atom stereocenters. The van der Waals surface area contributed by atoms with Crippen molar-refractivity contribution in [1.29, 1.82) is 73.7 Å². The molecule has 14 nitrogen and oxygen atoms in total. The van der Waals surface area contributed by atoms with Crippen molar-refractivity contribution >= 4 is 0 Å². The van der Waals surface area contributed by atoms with Crippen molar-refractivity contribution in [2.24, 2.45) is 0 Å². The minimum Gasteiger partial charge on any atom is -0.206 e. The molecule has 0 unspecified atom stereocenters. The van der Waals surface area contributed by atoms with E-state index in [2.05, 4.69) is 25.1 Å². The second-order valence-electron chi connectivity index (χ2n) is 28.7. The van der Waals surface area contributed by atoms with E-state index in [9.17, 15) is 41.3 Å². The SMILES string of the molecule is CC(C)(C)c1c(C#N)ccc(F)c1C#N.CC(C)(C)c1cc(F)c(C#N)c(C(C)(C)C)c1C#N.CC(C)c1c(C#N)ccc(F)c1C#N.CCCCC(C)(C)c1c(C#N)ccc(F)c1C#N.CCc1c(C#N)ccc(F)c1C#N.Cc1c(C#N)ccc(F)c1C#N.N#Cc1ccc(F)c(C#N)c1C1CCCCC1. The molecule has 0 bridgehead atoms. The van der Waals surface area contributed by atoms with Gasteiger partial charge in [0.05, 0.1) is 120 Å². The first-order valence-electron chi connectivity index (χ1n) is 34.2. The monoisotopic (exact) mass is 1450 g/mol. The van der Waals surface area contributed by atoms with Gasteiger partial charge in [0, 0.05) is 0 Å². The summed E-state index contributed by atoms with van der Waals surface area (Å²) in [5, 5.41) is 125. The van der Waals surface area contributed by atoms with Crippen LogP contribution >= 0.6 is 0 Å². The first-order valence-corrected chi connectivity index (χ1v) is 34.2. The summed E-state index contributed by atoms with van der Waals surface area (Å²) in [5.41, 5.74) is 5.29. The molecule has 0 aromatic heterocycles. The average Bonchev–Trinajstić information content (AvgIpc) is 0.768. The maximum atomic E-state index is 14.2. The van der Waals surface area contributed by atoms with E-state index in [0.29, 0.717) is 89.9 Å². The fourth-order valence-corrected chi connectivity index (χ4v) is 12.2. The zero-order valence-electron chi connectivity index (χ0n) is 63.4. The van der Waals surface area contributed by atoms with E-state index in [1.54, 1.807) is 32.1 Å². The van der Waals surface area contributed by atoms with Crippen LogP contribution in [0.1, 0.15) is 289 Å². The van der Waals surface area contributed by atoms with Gasteiger partial charge in [0.25, 0.3) is 0 Å². The Kier molecular flexibility index (Phi) is 34.9. The van der Waals surface area contributed by atoms with Gasteiger partial charge in [-0.2, -0.15) is 73.7 Å². The fourth-order valence-electron chi connectivity index (χ4n) is 12.2. The maximum absolute atomic E-state index is 14.2. The lowest BCUT2D eigenvalue weighted by Gasteiger charge is -2.28. The summed E-state index contributed by atoms with van der Waals surface area (Å²) in [6.07, 6.45) is 8.62. The van der Waals surface area contributed by atoms with E-state index in [4.69, 9.17) is 63.1 Å². The Labute approximate surface area is 630 Å². The summed E-state index contributed by atoms with van der Waals surface area (Å²) in [6, 6.07) is 43.7. The van der Waals surface area contributed by atoms with E-state index in [-0.39, 0.29) is 61.6 Å². The summed E-state index contributed by atoms with van der Waals surface area (Å²) in [6.45, 7) is 30.0. The van der Waals surface area contributed by atoms with E-state index in [1.807, 2.05) is 139 Å². The maximum Gasteiger partial charge on any atom is 0.141 e. The molecule has 7 aromatic rings. The number of benzene rings is 7. The number of halogens is 7. The highest BCUT2D eigenvalue weighted by Gasteiger charge is 2.33. The lowest BCUT2D eigenvalue weighted by Crippen LogP contribution is -2.22. The van der Waals surface area contributed by atoms with Crippen molar-refractivity contribution < 1.29 is 30.7 Å². The zero-order chi connectivity index (χ0) is 82.4. The molecule has 0 amide bonds. The molecular weight excluding hydrogens is 1370 g/mol. The molecule has 0 saturated heterocycles. The molecule has 0 radical (unpaired) electrons. The molecule has 0 heterocycles. The Morgan fingerprint density at radius 1 is 0.361 bits per heavy atom. The summed E-state index contributed by atoms with van der Waals surface area (Å²) in [4.78, 5) is 0. The molecule has 0 N–H and O–H groups in total. The first-order chi connectivity index (χ1) is 50.8. The second-order valence-corrected chi connectivity index (χ2v) is 28.7. The van der Waals surface area contributed by atoms with E-state index in [1.165, 1.54) is 61.0 Å². The van der Waals surface area contributed by atoms with Gasteiger partial charge in [-0.1, -0.05) is 136 Å². The van der Waals surface area contributed by atoms with Crippen LogP contribution in [-0.2, 0) is 28.1 Å². The third-order valence-corrected chi connectivity index (χ3v) is 17.4. The van der Waals surface area contributed by atoms with Crippen LogP contribution in [0.4, 0.5) is 30.7 Å². The fraction of sp³-hybridized carbons (Fsp3) is 0.356. The van der Waals surface area contributed by atoms with Gasteiger partial charge in [0.15, 0.2) is 0 Å². The van der Waals surface area contributed by atoms with Crippen LogP contribution in [0.25, 0.3) is 0 Å². The molecule has 548 valence electrons. The highest BCUT2D eigenvalue weighted by atomic mass is 19.2. The molecule has 1 fully saturated rings. The van der Waals surface area contributed by atoms with Gasteiger partial charge in [-0.25, -0.2) is 30.7 Å². The number of nitrogens with zero attached hydrogens (tertiary/aromatic N) is 14. The molecule has 21 heteroatoms. The van der Waals surface area contributed by atoms with Gasteiger partial charge in [0.2, 0.25) is 0 Å². The second kappa shape index (κ2) is 41.4. The minimum absolute atomic E-state index is 0.00940. The van der Waals surface area contributed by atoms with E-state index in [0.717, 1.165) is 69.2 Å². The third kappa shape index (κ3) is 23.2. The number of hydrogen-bond donors (Lipinski definition) is 0. The van der Waals surface area contributed by atoms with Crippen LogP contribution in [0, 0.1) is 206 Å². The van der Waals surface area contributed by atoms with Gasteiger partial charge < -0.3 is 0 Å². The lowest BCUT2D eigenvalue weighted by atomic mass is 9.74. The summed E-state index contributed by atoms with van der Waals surface area (Å²) < 4.78 is 93.9. The Hall–Kier alpha value is -13.1. The quantitative estimate of drug-likeness (QED) is 0.134. The van der Waals surface area contributed by atoms with Crippen molar-refractivity contribution in [3.05, 3.63) is 242 Å². The number of rotatable bonds is 7. The van der Waals surface area contributed by atoms with Crippen LogP contribution < -0.4 is 0 Å². The molecule has 108 heavy (non-hydrogen) atoms. The zero-order valence-corrected chi connectivity index (χ0v) is 63.4. The van der Waals surface area contributed by atoms with Crippen molar-refractivity contribution in [2.75, 3.05) is 0 Å². The Morgan fingerprint density at radius 2 is 0.713 bits per heavy atom. The van der Waals surface area contributed by atoms with Crippen LogP contribution in [0.15, 0.2) is 78.9 Å². The molecule has 1 aliphatic carbocycles.